The molecule has 0 aromatic heterocycles. The zero-order valence-corrected chi connectivity index (χ0v) is 8.14. The molecule has 0 aromatic rings. The molecule has 0 spiro atoms. The Morgan fingerprint density at radius 2 is 1.83 bits per heavy atom. The van der Waals surface area contributed by atoms with Crippen molar-refractivity contribution in [2.24, 2.45) is 11.8 Å². The van der Waals surface area contributed by atoms with E-state index in [1.165, 1.54) is 19.3 Å². The molecule has 0 amide bonds. The second-order valence-electron chi connectivity index (χ2n) is 4.20. The van der Waals surface area contributed by atoms with Gasteiger partial charge in [0.2, 0.25) is 0 Å². The maximum absolute atomic E-state index is 5.20. The van der Waals surface area contributed by atoms with Crippen molar-refractivity contribution in [3.05, 3.63) is 0 Å². The van der Waals surface area contributed by atoms with Gasteiger partial charge < -0.3 is 5.32 Å². The second kappa shape index (κ2) is 4.52. The molecule has 1 N–H and O–H groups in total. The fraction of sp³-hybridized carbons (Fsp3) is 0.818. The molecule has 0 heterocycles. The van der Waals surface area contributed by atoms with Crippen LogP contribution in [0.3, 0.4) is 0 Å². The summed E-state index contributed by atoms with van der Waals surface area (Å²) >= 11 is 0. The summed E-state index contributed by atoms with van der Waals surface area (Å²) in [4.78, 5) is 0. The molecule has 0 bridgehead atoms. The lowest BCUT2D eigenvalue weighted by molar-refractivity contribution is 0.244. The summed E-state index contributed by atoms with van der Waals surface area (Å²) in [5.74, 6) is 4.36. The molecule has 68 valence electrons. The van der Waals surface area contributed by atoms with Crippen LogP contribution < -0.4 is 5.32 Å². The molecular weight excluding hydrogens is 146 g/mol. The molecule has 1 aliphatic rings. The fourth-order valence-electron chi connectivity index (χ4n) is 2.32. The number of hydrogen-bond donors (Lipinski definition) is 1. The summed E-state index contributed by atoms with van der Waals surface area (Å²) in [7, 11) is 0. The molecule has 1 saturated carbocycles. The molecule has 0 radical (unpaired) electrons. The summed E-state index contributed by atoms with van der Waals surface area (Å²) < 4.78 is 0. The predicted octanol–water partition coefficient (Wildman–Crippen LogP) is 2.03. The van der Waals surface area contributed by atoms with E-state index in [2.05, 4.69) is 25.1 Å². The van der Waals surface area contributed by atoms with Crippen molar-refractivity contribution in [2.75, 3.05) is 6.54 Å². The Morgan fingerprint density at radius 1 is 1.25 bits per heavy atom. The van der Waals surface area contributed by atoms with Crippen molar-refractivity contribution in [2.45, 2.75) is 39.2 Å². The molecule has 1 nitrogen and oxygen atoms in total. The van der Waals surface area contributed by atoms with Gasteiger partial charge in [-0.05, 0) is 31.1 Å². The lowest BCUT2D eigenvalue weighted by Crippen LogP contribution is -2.36. The van der Waals surface area contributed by atoms with Gasteiger partial charge >= 0.3 is 0 Å². The van der Waals surface area contributed by atoms with Crippen LogP contribution in [0.2, 0.25) is 0 Å². The number of nitrogens with one attached hydrogen (secondary N) is 1. The lowest BCUT2D eigenvalue weighted by atomic mass is 9.80. The van der Waals surface area contributed by atoms with Crippen LogP contribution in [-0.2, 0) is 0 Å². The summed E-state index contributed by atoms with van der Waals surface area (Å²) in [6.07, 6.45) is 9.18. The van der Waals surface area contributed by atoms with Crippen molar-refractivity contribution >= 4 is 0 Å². The van der Waals surface area contributed by atoms with Gasteiger partial charge in [-0.3, -0.25) is 0 Å². The van der Waals surface area contributed by atoms with Crippen LogP contribution in [0.1, 0.15) is 33.1 Å². The molecule has 2 unspecified atom stereocenters. The topological polar surface area (TPSA) is 12.0 Å². The largest absolute Gasteiger partial charge is 0.303 e. The Hall–Kier alpha value is -0.480. The minimum absolute atomic E-state index is 0.666. The average molecular weight is 165 g/mol. The third-order valence-electron chi connectivity index (χ3n) is 2.67. The Balaban J connectivity index is 2.30. The first-order valence-corrected chi connectivity index (χ1v) is 4.89. The van der Waals surface area contributed by atoms with E-state index in [4.69, 9.17) is 6.42 Å². The van der Waals surface area contributed by atoms with Crippen molar-refractivity contribution < 1.29 is 0 Å². The highest BCUT2D eigenvalue weighted by Gasteiger charge is 2.22. The zero-order chi connectivity index (χ0) is 8.97. The molecule has 2 atom stereocenters. The summed E-state index contributed by atoms with van der Waals surface area (Å²) in [5.41, 5.74) is 0. The highest BCUT2D eigenvalue weighted by Crippen LogP contribution is 2.28. The van der Waals surface area contributed by atoms with Crippen molar-refractivity contribution in [3.8, 4) is 12.3 Å². The first kappa shape index (κ1) is 9.61. The van der Waals surface area contributed by atoms with E-state index in [-0.39, 0.29) is 0 Å². The Morgan fingerprint density at radius 3 is 2.33 bits per heavy atom. The first-order chi connectivity index (χ1) is 5.72. The second-order valence-corrected chi connectivity index (χ2v) is 4.20. The minimum Gasteiger partial charge on any atom is -0.303 e. The van der Waals surface area contributed by atoms with Crippen molar-refractivity contribution in [3.63, 3.8) is 0 Å². The Kier molecular flexibility index (Phi) is 3.62. The van der Waals surface area contributed by atoms with Crippen LogP contribution in [-0.4, -0.2) is 12.6 Å². The third-order valence-corrected chi connectivity index (χ3v) is 2.67. The molecule has 1 aliphatic carbocycles. The van der Waals surface area contributed by atoms with Crippen LogP contribution in [0, 0.1) is 24.2 Å². The van der Waals surface area contributed by atoms with Crippen LogP contribution >= 0.6 is 0 Å². The summed E-state index contributed by atoms with van der Waals surface area (Å²) in [5, 5.41) is 3.40. The van der Waals surface area contributed by atoms with Crippen LogP contribution in [0.4, 0.5) is 0 Å². The summed E-state index contributed by atoms with van der Waals surface area (Å²) in [6.45, 7) is 5.39. The molecule has 0 aromatic carbocycles. The first-order valence-electron chi connectivity index (χ1n) is 4.89. The highest BCUT2D eigenvalue weighted by atomic mass is 14.9. The van der Waals surface area contributed by atoms with Crippen LogP contribution in [0.25, 0.3) is 0 Å². The fourth-order valence-corrected chi connectivity index (χ4v) is 2.32. The SMILES string of the molecule is C#CCNC1CC(C)CC(C)C1. The van der Waals surface area contributed by atoms with E-state index in [9.17, 15) is 0 Å². The van der Waals surface area contributed by atoms with E-state index >= 15 is 0 Å². The Labute approximate surface area is 75.9 Å². The van der Waals surface area contributed by atoms with E-state index in [0.29, 0.717) is 6.04 Å². The van der Waals surface area contributed by atoms with E-state index in [0.717, 1.165) is 18.4 Å². The molecular formula is C11H19N. The number of terminal acetylenes is 1. The highest BCUT2D eigenvalue weighted by molar-refractivity contribution is 4.89. The monoisotopic (exact) mass is 165 g/mol. The Bertz CT molecular complexity index is 158. The quantitative estimate of drug-likeness (QED) is 0.617. The lowest BCUT2D eigenvalue weighted by Gasteiger charge is -2.31. The van der Waals surface area contributed by atoms with Crippen molar-refractivity contribution in [1.29, 1.82) is 0 Å². The average Bonchev–Trinajstić information content (AvgIpc) is 1.99. The van der Waals surface area contributed by atoms with Gasteiger partial charge in [-0.2, -0.15) is 0 Å². The zero-order valence-electron chi connectivity index (χ0n) is 8.14. The van der Waals surface area contributed by atoms with Gasteiger partial charge in [0.15, 0.2) is 0 Å². The van der Waals surface area contributed by atoms with Gasteiger partial charge in [-0.1, -0.05) is 19.8 Å². The molecule has 1 fully saturated rings. The van der Waals surface area contributed by atoms with Crippen molar-refractivity contribution in [1.82, 2.24) is 5.32 Å². The standard InChI is InChI=1S/C11H19N/c1-4-5-12-11-7-9(2)6-10(3)8-11/h1,9-12H,5-8H2,2-3H3. The van der Waals surface area contributed by atoms with Gasteiger partial charge in [-0.25, -0.2) is 0 Å². The molecule has 1 heteroatoms. The predicted molar refractivity (Wildman–Crippen MR) is 52.8 cm³/mol. The van der Waals surface area contributed by atoms with Gasteiger partial charge in [0, 0.05) is 6.04 Å². The maximum atomic E-state index is 5.20. The van der Waals surface area contributed by atoms with Crippen LogP contribution in [0.15, 0.2) is 0 Å². The van der Waals surface area contributed by atoms with E-state index in [1.807, 2.05) is 0 Å². The number of rotatable bonds is 2. The maximum Gasteiger partial charge on any atom is 0.0575 e. The molecule has 1 rings (SSSR count). The molecule has 0 saturated heterocycles. The normalized spacial score (nSPS) is 35.9. The molecule has 12 heavy (non-hydrogen) atoms. The van der Waals surface area contributed by atoms with E-state index < -0.39 is 0 Å². The smallest absolute Gasteiger partial charge is 0.0575 e. The van der Waals surface area contributed by atoms with Gasteiger partial charge in [0.25, 0.3) is 0 Å². The minimum atomic E-state index is 0.666. The number of hydrogen-bond acceptors (Lipinski definition) is 1. The van der Waals surface area contributed by atoms with Gasteiger partial charge in [0.1, 0.15) is 0 Å². The molecule has 0 aliphatic heterocycles. The summed E-state index contributed by atoms with van der Waals surface area (Å²) in [6, 6.07) is 0.666. The van der Waals surface area contributed by atoms with Gasteiger partial charge in [0.05, 0.1) is 6.54 Å². The van der Waals surface area contributed by atoms with Crippen LogP contribution in [0.5, 0.6) is 0 Å². The third kappa shape index (κ3) is 2.87. The van der Waals surface area contributed by atoms with Gasteiger partial charge in [-0.15, -0.1) is 6.42 Å². The van der Waals surface area contributed by atoms with E-state index in [1.54, 1.807) is 0 Å².